The third kappa shape index (κ3) is 6.80. The summed E-state index contributed by atoms with van der Waals surface area (Å²) in [4.78, 5) is 4.43. The fourth-order valence-electron chi connectivity index (χ4n) is 4.18. The number of anilines is 1. The van der Waals surface area contributed by atoms with E-state index in [1.165, 1.54) is 0 Å². The van der Waals surface area contributed by atoms with Crippen molar-refractivity contribution in [3.05, 3.63) is 35.4 Å². The van der Waals surface area contributed by atoms with Gasteiger partial charge in [0.1, 0.15) is 23.7 Å². The highest BCUT2D eigenvalue weighted by atomic mass is 32.2. The second-order valence-electron chi connectivity index (χ2n) is 9.14. The molecule has 36 heavy (non-hydrogen) atoms. The van der Waals surface area contributed by atoms with Gasteiger partial charge in [0.15, 0.2) is 5.82 Å². The first kappa shape index (κ1) is 28.5. The SMILES string of the molecule is CCCO[C@@H](c1ccc(C)cn1)[C@H](C)S(=O)(=O)Nc1nnc([C@H]2CC[C@@H](C)O2)n1C(CCOC)OC. The fourth-order valence-corrected chi connectivity index (χ4v) is 5.30. The molecule has 0 bridgehead atoms. The fraction of sp³-hybridized carbons (Fsp3) is 0.708. The molecular weight excluding hydrogens is 486 g/mol. The third-order valence-electron chi connectivity index (χ3n) is 6.25. The Morgan fingerprint density at radius 2 is 2.00 bits per heavy atom. The van der Waals surface area contributed by atoms with E-state index >= 15 is 0 Å². The number of hydrogen-bond donors (Lipinski definition) is 1. The number of ether oxygens (including phenoxy) is 4. The van der Waals surface area contributed by atoms with Gasteiger partial charge in [-0.15, -0.1) is 10.2 Å². The number of nitrogens with one attached hydrogen (secondary N) is 1. The molecule has 1 aliphatic heterocycles. The first-order valence-corrected chi connectivity index (χ1v) is 13.9. The minimum absolute atomic E-state index is 0.0639. The molecule has 0 aromatic carbocycles. The van der Waals surface area contributed by atoms with E-state index in [1.807, 2.05) is 26.8 Å². The zero-order valence-electron chi connectivity index (χ0n) is 22.0. The highest BCUT2D eigenvalue weighted by molar-refractivity contribution is 7.93. The van der Waals surface area contributed by atoms with Crippen LogP contribution in [0.5, 0.6) is 0 Å². The average molecular weight is 526 g/mol. The summed E-state index contributed by atoms with van der Waals surface area (Å²) in [6.45, 7) is 8.31. The van der Waals surface area contributed by atoms with Gasteiger partial charge in [-0.3, -0.25) is 14.3 Å². The molecule has 0 radical (unpaired) electrons. The van der Waals surface area contributed by atoms with Crippen LogP contribution >= 0.6 is 0 Å². The van der Waals surface area contributed by atoms with Crippen LogP contribution in [0.2, 0.25) is 0 Å². The number of aryl methyl sites for hydroxylation is 1. The van der Waals surface area contributed by atoms with Gasteiger partial charge >= 0.3 is 0 Å². The summed E-state index contributed by atoms with van der Waals surface area (Å²) in [7, 11) is -0.817. The lowest BCUT2D eigenvalue weighted by Gasteiger charge is -2.26. The Morgan fingerprint density at radius 1 is 1.22 bits per heavy atom. The second kappa shape index (κ2) is 12.9. The van der Waals surface area contributed by atoms with Crippen LogP contribution in [-0.2, 0) is 29.0 Å². The van der Waals surface area contributed by atoms with Crippen LogP contribution in [0.4, 0.5) is 5.95 Å². The number of hydrogen-bond acceptors (Lipinski definition) is 9. The van der Waals surface area contributed by atoms with Gasteiger partial charge in [0.2, 0.25) is 16.0 Å². The summed E-state index contributed by atoms with van der Waals surface area (Å²) in [5.41, 5.74) is 1.53. The quantitative estimate of drug-likeness (QED) is 0.393. The maximum atomic E-state index is 13.6. The third-order valence-corrected chi connectivity index (χ3v) is 7.94. The van der Waals surface area contributed by atoms with Crippen LogP contribution in [0.1, 0.15) is 82.0 Å². The van der Waals surface area contributed by atoms with Gasteiger partial charge in [-0.2, -0.15) is 0 Å². The second-order valence-corrected chi connectivity index (χ2v) is 11.2. The van der Waals surface area contributed by atoms with Crippen LogP contribution in [0, 0.1) is 6.92 Å². The Balaban J connectivity index is 1.94. The summed E-state index contributed by atoms with van der Waals surface area (Å²) in [5, 5.41) is 7.55. The van der Waals surface area contributed by atoms with Gasteiger partial charge in [0.25, 0.3) is 0 Å². The molecule has 1 unspecified atom stereocenters. The highest BCUT2D eigenvalue weighted by Crippen LogP contribution is 2.35. The monoisotopic (exact) mass is 525 g/mol. The highest BCUT2D eigenvalue weighted by Gasteiger charge is 2.36. The molecule has 5 atom stereocenters. The molecule has 1 saturated heterocycles. The van der Waals surface area contributed by atoms with E-state index in [0.29, 0.717) is 31.2 Å². The van der Waals surface area contributed by atoms with Crippen molar-refractivity contribution in [2.45, 2.75) is 83.2 Å². The van der Waals surface area contributed by atoms with Crippen molar-refractivity contribution in [1.29, 1.82) is 0 Å². The number of methoxy groups -OCH3 is 2. The summed E-state index contributed by atoms with van der Waals surface area (Å²) in [5.74, 6) is 0.584. The lowest BCUT2D eigenvalue weighted by atomic mass is 10.1. The van der Waals surface area contributed by atoms with E-state index in [1.54, 1.807) is 38.0 Å². The summed E-state index contributed by atoms with van der Waals surface area (Å²) < 4.78 is 54.4. The van der Waals surface area contributed by atoms with Crippen LogP contribution in [-0.4, -0.2) is 67.0 Å². The molecule has 1 fully saturated rings. The van der Waals surface area contributed by atoms with Gasteiger partial charge in [-0.1, -0.05) is 13.0 Å². The molecule has 12 heteroatoms. The van der Waals surface area contributed by atoms with E-state index < -0.39 is 27.6 Å². The molecule has 1 N–H and O–H groups in total. The predicted molar refractivity (Wildman–Crippen MR) is 135 cm³/mol. The minimum atomic E-state index is -3.97. The smallest absolute Gasteiger partial charge is 0.240 e. The lowest BCUT2D eigenvalue weighted by molar-refractivity contribution is 0.00193. The first-order chi connectivity index (χ1) is 17.2. The van der Waals surface area contributed by atoms with E-state index in [2.05, 4.69) is 19.9 Å². The Hall–Kier alpha value is -2.12. The average Bonchev–Trinajstić information content (AvgIpc) is 3.46. The standard InChI is InChI=1S/C24H39N5O6S/c1-7-13-34-22(19-10-8-16(2)15-25-19)18(4)36(30,31)28-24-27-26-23(20-11-9-17(3)35-20)29(24)21(33-6)12-14-32-5/h8,10,15,17-18,20-22H,7,9,11-14H2,1-6H3,(H,27,28)/t17-,18+,20-,21?,22-/m1/s1. The maximum absolute atomic E-state index is 13.6. The van der Waals surface area contributed by atoms with Crippen molar-refractivity contribution in [1.82, 2.24) is 19.7 Å². The van der Waals surface area contributed by atoms with Crippen LogP contribution in [0.15, 0.2) is 18.3 Å². The molecule has 3 rings (SSSR count). The molecule has 3 heterocycles. The molecule has 0 spiro atoms. The number of nitrogens with zero attached hydrogens (tertiary/aromatic N) is 4. The maximum Gasteiger partial charge on any atom is 0.240 e. The molecule has 11 nitrogen and oxygen atoms in total. The summed E-state index contributed by atoms with van der Waals surface area (Å²) in [6.07, 6.45) is 3.03. The Bertz CT molecular complexity index is 1060. The Morgan fingerprint density at radius 3 is 2.58 bits per heavy atom. The number of aromatic nitrogens is 4. The van der Waals surface area contributed by atoms with Crippen LogP contribution in [0.25, 0.3) is 0 Å². The van der Waals surface area contributed by atoms with Crippen LogP contribution < -0.4 is 4.72 Å². The van der Waals surface area contributed by atoms with E-state index in [-0.39, 0.29) is 18.2 Å². The molecular formula is C24H39N5O6S. The summed E-state index contributed by atoms with van der Waals surface area (Å²) >= 11 is 0. The van der Waals surface area contributed by atoms with Gasteiger partial charge in [0, 0.05) is 33.4 Å². The molecule has 0 amide bonds. The van der Waals surface area contributed by atoms with Crippen molar-refractivity contribution in [3.63, 3.8) is 0 Å². The Labute approximate surface area is 213 Å². The van der Waals surface area contributed by atoms with Crippen molar-refractivity contribution in [2.75, 3.05) is 32.2 Å². The lowest BCUT2D eigenvalue weighted by Crippen LogP contribution is -2.34. The van der Waals surface area contributed by atoms with Crippen molar-refractivity contribution in [3.8, 4) is 0 Å². The molecule has 2 aromatic heterocycles. The molecule has 1 aliphatic rings. The van der Waals surface area contributed by atoms with Gasteiger partial charge in [-0.25, -0.2) is 8.42 Å². The van der Waals surface area contributed by atoms with E-state index in [0.717, 1.165) is 24.8 Å². The normalized spacial score (nSPS) is 20.8. The van der Waals surface area contributed by atoms with Crippen molar-refractivity contribution >= 4 is 16.0 Å². The predicted octanol–water partition coefficient (Wildman–Crippen LogP) is 3.70. The Kier molecular flexibility index (Phi) is 10.2. The van der Waals surface area contributed by atoms with Crippen molar-refractivity contribution < 1.29 is 27.4 Å². The van der Waals surface area contributed by atoms with Gasteiger partial charge in [0.05, 0.1) is 18.4 Å². The van der Waals surface area contributed by atoms with Gasteiger partial charge < -0.3 is 18.9 Å². The van der Waals surface area contributed by atoms with Crippen molar-refractivity contribution in [2.24, 2.45) is 0 Å². The largest absolute Gasteiger partial charge is 0.385 e. The zero-order chi connectivity index (χ0) is 26.3. The number of rotatable bonds is 14. The number of pyridine rings is 1. The molecule has 0 saturated carbocycles. The van der Waals surface area contributed by atoms with E-state index in [9.17, 15) is 8.42 Å². The summed E-state index contributed by atoms with van der Waals surface area (Å²) in [6, 6.07) is 3.69. The molecule has 2 aromatic rings. The topological polar surface area (TPSA) is 127 Å². The van der Waals surface area contributed by atoms with Crippen LogP contribution in [0.3, 0.4) is 0 Å². The molecule has 202 valence electrons. The molecule has 0 aliphatic carbocycles. The zero-order valence-corrected chi connectivity index (χ0v) is 22.8. The van der Waals surface area contributed by atoms with E-state index in [4.69, 9.17) is 18.9 Å². The first-order valence-electron chi connectivity index (χ1n) is 12.4. The number of sulfonamides is 1. The van der Waals surface area contributed by atoms with Gasteiger partial charge in [-0.05, 0) is 51.7 Å². The minimum Gasteiger partial charge on any atom is -0.385 e.